The van der Waals surface area contributed by atoms with E-state index in [0.29, 0.717) is 12.1 Å². The summed E-state index contributed by atoms with van der Waals surface area (Å²) in [4.78, 5) is 8.81. The van der Waals surface area contributed by atoms with Crippen molar-refractivity contribution in [1.29, 1.82) is 0 Å². The summed E-state index contributed by atoms with van der Waals surface area (Å²) in [5, 5.41) is 1.40. The zero-order chi connectivity index (χ0) is 14.6. The summed E-state index contributed by atoms with van der Waals surface area (Å²) in [5.74, 6) is 0. The van der Waals surface area contributed by atoms with E-state index in [1.807, 2.05) is 0 Å². The average molecular weight is 348 g/mol. The first-order valence-corrected chi connectivity index (χ1v) is 8.65. The van der Waals surface area contributed by atoms with Gasteiger partial charge in [-0.05, 0) is 63.7 Å². The number of nitrogens with one attached hydrogen (secondary N) is 1. The highest BCUT2D eigenvalue weighted by atomic mass is 79.9. The molecule has 4 heteroatoms. The minimum atomic E-state index is 0.507. The van der Waals surface area contributed by atoms with Crippen molar-refractivity contribution in [2.45, 2.75) is 31.3 Å². The van der Waals surface area contributed by atoms with E-state index in [9.17, 15) is 0 Å². The van der Waals surface area contributed by atoms with E-state index in [0.717, 1.165) is 13.0 Å². The van der Waals surface area contributed by atoms with Crippen LogP contribution in [0.3, 0.4) is 0 Å². The number of hydrogen-bond donors (Lipinski definition) is 1. The summed E-state index contributed by atoms with van der Waals surface area (Å²) < 4.78 is 1.17. The van der Waals surface area contributed by atoms with Gasteiger partial charge in [0, 0.05) is 33.7 Å². The number of halogens is 1. The molecule has 0 amide bonds. The largest absolute Gasteiger partial charge is 0.357 e. The Hall–Kier alpha value is -0.840. The zero-order valence-electron chi connectivity index (χ0n) is 12.7. The molecule has 1 fully saturated rings. The molecule has 3 nitrogen and oxygen atoms in total. The molecule has 1 saturated heterocycles. The molecule has 0 saturated carbocycles. The van der Waals surface area contributed by atoms with Crippen molar-refractivity contribution in [3.05, 3.63) is 33.9 Å². The Balaban J connectivity index is 1.85. The summed E-state index contributed by atoms with van der Waals surface area (Å²) >= 11 is 3.62. The van der Waals surface area contributed by atoms with Crippen molar-refractivity contribution in [2.24, 2.45) is 0 Å². The number of nitrogens with zero attached hydrogens (tertiary/aromatic N) is 2. The van der Waals surface area contributed by atoms with E-state index in [1.165, 1.54) is 46.0 Å². The Morgan fingerprint density at radius 2 is 2.05 bits per heavy atom. The molecule has 0 bridgehead atoms. The van der Waals surface area contributed by atoms with Crippen LogP contribution in [0.2, 0.25) is 0 Å². The van der Waals surface area contributed by atoms with Crippen LogP contribution >= 0.6 is 15.9 Å². The first-order valence-electron chi connectivity index (χ1n) is 7.85. The van der Waals surface area contributed by atoms with Gasteiger partial charge in [-0.3, -0.25) is 4.90 Å². The zero-order valence-corrected chi connectivity index (χ0v) is 14.3. The Morgan fingerprint density at radius 3 is 2.81 bits per heavy atom. The molecule has 0 radical (unpaired) electrons. The number of fused-ring (bicyclic) bond motifs is 3. The van der Waals surface area contributed by atoms with Gasteiger partial charge >= 0.3 is 0 Å². The second-order valence-electron chi connectivity index (χ2n) is 6.57. The normalized spacial score (nSPS) is 27.4. The maximum Gasteiger partial charge on any atom is 0.0656 e. The molecular formula is C17H22BrN3. The third kappa shape index (κ3) is 2.16. The fourth-order valence-corrected chi connectivity index (χ4v) is 4.59. The number of benzene rings is 1. The standard InChI is InChI=1S/C17H22BrN3/c1-20-8-3-4-15(20)17-16-12(7-9-21(17)2)13-10-11(18)5-6-14(13)19-16/h5-6,10,15,17,19H,3-4,7-9H2,1-2H3/t15-,17+/m0/s1. The number of rotatable bonds is 1. The van der Waals surface area contributed by atoms with E-state index in [4.69, 9.17) is 0 Å². The third-order valence-corrected chi connectivity index (χ3v) is 5.82. The van der Waals surface area contributed by atoms with Gasteiger partial charge in [-0.25, -0.2) is 0 Å². The van der Waals surface area contributed by atoms with E-state index >= 15 is 0 Å². The average Bonchev–Trinajstić information content (AvgIpc) is 3.02. The molecule has 112 valence electrons. The van der Waals surface area contributed by atoms with E-state index in [-0.39, 0.29) is 0 Å². The number of H-pyrrole nitrogens is 1. The molecule has 1 aromatic carbocycles. The van der Waals surface area contributed by atoms with Crippen molar-refractivity contribution >= 4 is 26.8 Å². The van der Waals surface area contributed by atoms with Crippen LogP contribution in [-0.2, 0) is 6.42 Å². The quantitative estimate of drug-likeness (QED) is 0.851. The fourth-order valence-electron chi connectivity index (χ4n) is 4.23. The molecular weight excluding hydrogens is 326 g/mol. The first kappa shape index (κ1) is 13.8. The van der Waals surface area contributed by atoms with Gasteiger partial charge < -0.3 is 9.88 Å². The van der Waals surface area contributed by atoms with Crippen molar-refractivity contribution in [3.8, 4) is 0 Å². The Labute approximate surface area is 134 Å². The van der Waals surface area contributed by atoms with Crippen LogP contribution < -0.4 is 0 Å². The van der Waals surface area contributed by atoms with Crippen LogP contribution in [0.25, 0.3) is 10.9 Å². The summed E-state index contributed by atoms with van der Waals surface area (Å²) in [7, 11) is 4.56. The lowest BCUT2D eigenvalue weighted by Gasteiger charge is -2.39. The lowest BCUT2D eigenvalue weighted by atomic mass is 9.92. The van der Waals surface area contributed by atoms with E-state index in [2.05, 4.69) is 63.0 Å². The van der Waals surface area contributed by atoms with Crippen molar-refractivity contribution in [3.63, 3.8) is 0 Å². The highest BCUT2D eigenvalue weighted by Crippen LogP contribution is 2.40. The molecule has 2 aromatic rings. The second kappa shape index (κ2) is 5.11. The van der Waals surface area contributed by atoms with Crippen LogP contribution in [0.5, 0.6) is 0 Å². The molecule has 1 N–H and O–H groups in total. The van der Waals surface area contributed by atoms with Gasteiger partial charge in [-0.2, -0.15) is 0 Å². The van der Waals surface area contributed by atoms with Crippen molar-refractivity contribution < 1.29 is 0 Å². The Morgan fingerprint density at radius 1 is 1.19 bits per heavy atom. The SMILES string of the molecule is CN1CCC[C@H]1[C@@H]1c2[nH]c3ccc(Br)cc3c2CCN1C. The summed E-state index contributed by atoms with van der Waals surface area (Å²) in [6.07, 6.45) is 3.78. The maximum atomic E-state index is 3.73. The molecule has 3 heterocycles. The number of hydrogen-bond acceptors (Lipinski definition) is 2. The van der Waals surface area contributed by atoms with Gasteiger partial charge in [0.05, 0.1) is 6.04 Å². The van der Waals surface area contributed by atoms with Gasteiger partial charge in [0.1, 0.15) is 0 Å². The highest BCUT2D eigenvalue weighted by molar-refractivity contribution is 9.10. The topological polar surface area (TPSA) is 22.3 Å². The minimum absolute atomic E-state index is 0.507. The Bertz CT molecular complexity index is 678. The lowest BCUT2D eigenvalue weighted by molar-refractivity contribution is 0.129. The first-order chi connectivity index (χ1) is 10.1. The van der Waals surface area contributed by atoms with Gasteiger partial charge in [-0.1, -0.05) is 15.9 Å². The van der Waals surface area contributed by atoms with Crippen LogP contribution in [0.1, 0.15) is 30.1 Å². The smallest absolute Gasteiger partial charge is 0.0656 e. The van der Waals surface area contributed by atoms with Gasteiger partial charge in [0.15, 0.2) is 0 Å². The van der Waals surface area contributed by atoms with Crippen molar-refractivity contribution in [2.75, 3.05) is 27.2 Å². The number of likely N-dealkylation sites (tertiary alicyclic amines) is 1. The fraction of sp³-hybridized carbons (Fsp3) is 0.529. The second-order valence-corrected chi connectivity index (χ2v) is 7.49. The van der Waals surface area contributed by atoms with Crippen molar-refractivity contribution in [1.82, 2.24) is 14.8 Å². The minimum Gasteiger partial charge on any atom is -0.357 e. The molecule has 1 aromatic heterocycles. The van der Waals surface area contributed by atoms with Crippen LogP contribution in [0, 0.1) is 0 Å². The van der Waals surface area contributed by atoms with E-state index < -0.39 is 0 Å². The van der Waals surface area contributed by atoms with Gasteiger partial charge in [0.25, 0.3) is 0 Å². The number of aromatic nitrogens is 1. The van der Waals surface area contributed by atoms with Gasteiger partial charge in [-0.15, -0.1) is 0 Å². The molecule has 0 aliphatic carbocycles. The molecule has 0 spiro atoms. The third-order valence-electron chi connectivity index (χ3n) is 5.33. The van der Waals surface area contributed by atoms with Crippen LogP contribution in [0.4, 0.5) is 0 Å². The highest BCUT2D eigenvalue weighted by Gasteiger charge is 2.37. The molecule has 0 unspecified atom stereocenters. The molecule has 2 aliphatic heterocycles. The van der Waals surface area contributed by atoms with Gasteiger partial charge in [0.2, 0.25) is 0 Å². The predicted molar refractivity (Wildman–Crippen MR) is 90.7 cm³/mol. The summed E-state index contributed by atoms with van der Waals surface area (Å²) in [5.41, 5.74) is 4.27. The number of likely N-dealkylation sites (N-methyl/N-ethyl adjacent to an activating group) is 2. The predicted octanol–water partition coefficient (Wildman–Crippen LogP) is 3.55. The molecule has 2 aliphatic rings. The molecule has 21 heavy (non-hydrogen) atoms. The van der Waals surface area contributed by atoms with E-state index in [1.54, 1.807) is 0 Å². The summed E-state index contributed by atoms with van der Waals surface area (Å²) in [6, 6.07) is 7.75. The maximum absolute atomic E-state index is 3.73. The monoisotopic (exact) mass is 347 g/mol. The Kier molecular flexibility index (Phi) is 3.36. The summed E-state index contributed by atoms with van der Waals surface area (Å²) in [6.45, 7) is 2.39. The molecule has 4 rings (SSSR count). The van der Waals surface area contributed by atoms with Crippen LogP contribution in [-0.4, -0.2) is 48.0 Å². The number of aromatic amines is 1. The lowest BCUT2D eigenvalue weighted by Crippen LogP contribution is -2.43. The molecule has 2 atom stereocenters. The van der Waals surface area contributed by atoms with Crippen LogP contribution in [0.15, 0.2) is 22.7 Å².